The van der Waals surface area contributed by atoms with Crippen LogP contribution in [0.1, 0.15) is 11.4 Å². The molecule has 0 N–H and O–H groups in total. The minimum atomic E-state index is 0.425. The van der Waals surface area contributed by atoms with Gasteiger partial charge < -0.3 is 14.4 Å². The minimum absolute atomic E-state index is 0.425. The van der Waals surface area contributed by atoms with Crippen molar-refractivity contribution in [2.45, 2.75) is 0 Å². The molecule has 7 nitrogen and oxygen atoms in total. The van der Waals surface area contributed by atoms with Crippen molar-refractivity contribution in [2.75, 3.05) is 38.3 Å². The molecular weight excluding hydrogens is 366 g/mol. The van der Waals surface area contributed by atoms with E-state index in [1.54, 1.807) is 13.2 Å². The van der Waals surface area contributed by atoms with E-state index in [-0.39, 0.29) is 0 Å². The SMILES string of the molecule is COc1cccc(C=C(C#N)c2nnc(N3CCOCC3)n2-c2ccccc2)c1. The van der Waals surface area contributed by atoms with Crippen molar-refractivity contribution in [3.05, 3.63) is 66.0 Å². The third-order valence-corrected chi connectivity index (χ3v) is 4.72. The van der Waals surface area contributed by atoms with Gasteiger partial charge in [0.1, 0.15) is 11.8 Å². The molecule has 1 aliphatic heterocycles. The summed E-state index contributed by atoms with van der Waals surface area (Å²) >= 11 is 0. The highest BCUT2D eigenvalue weighted by molar-refractivity contribution is 5.88. The first kappa shape index (κ1) is 18.7. The van der Waals surface area contributed by atoms with E-state index in [1.807, 2.05) is 59.2 Å². The standard InChI is InChI=1S/C22H21N5O2/c1-28-20-9-5-6-17(15-20)14-18(16-23)21-24-25-22(26-10-12-29-13-11-26)27(21)19-7-3-2-4-8-19/h2-9,14-15H,10-13H2,1H3. The fraction of sp³-hybridized carbons (Fsp3) is 0.227. The van der Waals surface area contributed by atoms with Gasteiger partial charge in [0.25, 0.3) is 0 Å². The normalized spacial score (nSPS) is 14.5. The molecule has 0 bridgehead atoms. The second kappa shape index (κ2) is 8.59. The Balaban J connectivity index is 1.82. The van der Waals surface area contributed by atoms with Crippen LogP contribution in [0.15, 0.2) is 54.6 Å². The Hall–Kier alpha value is -3.63. The predicted molar refractivity (Wildman–Crippen MR) is 111 cm³/mol. The number of anilines is 1. The lowest BCUT2D eigenvalue weighted by Crippen LogP contribution is -2.38. The zero-order chi connectivity index (χ0) is 20.1. The van der Waals surface area contributed by atoms with Gasteiger partial charge in [-0.3, -0.25) is 4.57 Å². The lowest BCUT2D eigenvalue weighted by molar-refractivity contribution is 0.122. The van der Waals surface area contributed by atoms with Crippen LogP contribution in [0.25, 0.3) is 17.3 Å². The van der Waals surface area contributed by atoms with E-state index in [2.05, 4.69) is 21.2 Å². The lowest BCUT2D eigenvalue weighted by Gasteiger charge is -2.28. The summed E-state index contributed by atoms with van der Waals surface area (Å²) in [5.41, 5.74) is 2.19. The van der Waals surface area contributed by atoms with Crippen molar-refractivity contribution in [1.82, 2.24) is 14.8 Å². The molecule has 0 spiro atoms. The van der Waals surface area contributed by atoms with E-state index in [4.69, 9.17) is 9.47 Å². The molecule has 2 heterocycles. The van der Waals surface area contributed by atoms with Gasteiger partial charge in [0.2, 0.25) is 5.95 Å². The number of benzene rings is 2. The Morgan fingerprint density at radius 1 is 1.10 bits per heavy atom. The maximum Gasteiger partial charge on any atom is 0.232 e. The van der Waals surface area contributed by atoms with Gasteiger partial charge in [-0.1, -0.05) is 30.3 Å². The average Bonchev–Trinajstić information content (AvgIpc) is 3.24. The monoisotopic (exact) mass is 387 g/mol. The third-order valence-electron chi connectivity index (χ3n) is 4.72. The Morgan fingerprint density at radius 2 is 1.90 bits per heavy atom. The zero-order valence-electron chi connectivity index (χ0n) is 16.2. The minimum Gasteiger partial charge on any atom is -0.497 e. The van der Waals surface area contributed by atoms with Gasteiger partial charge in [0.05, 0.1) is 31.6 Å². The number of aromatic nitrogens is 3. The molecule has 1 aliphatic rings. The molecule has 0 amide bonds. The number of nitrogens with zero attached hydrogens (tertiary/aromatic N) is 5. The van der Waals surface area contributed by atoms with Crippen LogP contribution in [0.4, 0.5) is 5.95 Å². The summed E-state index contributed by atoms with van der Waals surface area (Å²) in [7, 11) is 1.62. The number of methoxy groups -OCH3 is 1. The van der Waals surface area contributed by atoms with Gasteiger partial charge in [-0.2, -0.15) is 5.26 Å². The Bertz CT molecular complexity index is 1050. The largest absolute Gasteiger partial charge is 0.497 e. The van der Waals surface area contributed by atoms with Crippen LogP contribution in [0.2, 0.25) is 0 Å². The molecule has 1 aromatic heterocycles. The van der Waals surface area contributed by atoms with Crippen molar-refractivity contribution in [1.29, 1.82) is 5.26 Å². The molecule has 0 aliphatic carbocycles. The fourth-order valence-electron chi connectivity index (χ4n) is 3.28. The van der Waals surface area contributed by atoms with E-state index >= 15 is 0 Å². The summed E-state index contributed by atoms with van der Waals surface area (Å²) in [5.74, 6) is 1.94. The van der Waals surface area contributed by atoms with Gasteiger partial charge in [-0.05, 0) is 35.9 Å². The Kier molecular flexibility index (Phi) is 5.54. The van der Waals surface area contributed by atoms with Crippen molar-refractivity contribution in [3.63, 3.8) is 0 Å². The predicted octanol–water partition coefficient (Wildman–Crippen LogP) is 3.18. The van der Waals surface area contributed by atoms with Crippen molar-refractivity contribution < 1.29 is 9.47 Å². The second-order valence-corrected chi connectivity index (χ2v) is 6.54. The first-order chi connectivity index (χ1) is 14.3. The first-order valence-corrected chi connectivity index (χ1v) is 9.40. The molecule has 4 rings (SSSR count). The quantitative estimate of drug-likeness (QED) is 0.626. The topological polar surface area (TPSA) is 76.2 Å². The Morgan fingerprint density at radius 3 is 2.62 bits per heavy atom. The molecule has 146 valence electrons. The first-order valence-electron chi connectivity index (χ1n) is 9.40. The number of hydrogen-bond acceptors (Lipinski definition) is 6. The van der Waals surface area contributed by atoms with E-state index < -0.39 is 0 Å². The second-order valence-electron chi connectivity index (χ2n) is 6.54. The highest BCUT2D eigenvalue weighted by Crippen LogP contribution is 2.27. The van der Waals surface area contributed by atoms with Crippen molar-refractivity contribution >= 4 is 17.6 Å². The smallest absolute Gasteiger partial charge is 0.232 e. The van der Waals surface area contributed by atoms with Crippen LogP contribution in [0.3, 0.4) is 0 Å². The summed E-state index contributed by atoms with van der Waals surface area (Å²) in [4.78, 5) is 2.13. The number of allylic oxidation sites excluding steroid dienone is 1. The summed E-state index contributed by atoms with van der Waals surface area (Å²) in [6.07, 6.45) is 1.80. The molecule has 0 radical (unpaired) electrons. The molecular formula is C22H21N5O2. The van der Waals surface area contributed by atoms with Gasteiger partial charge in [-0.25, -0.2) is 0 Å². The van der Waals surface area contributed by atoms with E-state index in [0.29, 0.717) is 30.6 Å². The molecule has 7 heteroatoms. The number of para-hydroxylation sites is 1. The lowest BCUT2D eigenvalue weighted by atomic mass is 10.1. The summed E-state index contributed by atoms with van der Waals surface area (Å²) in [6.45, 7) is 2.74. The molecule has 2 aromatic carbocycles. The average molecular weight is 387 g/mol. The van der Waals surface area contributed by atoms with E-state index in [9.17, 15) is 5.26 Å². The molecule has 0 unspecified atom stereocenters. The van der Waals surface area contributed by atoms with Crippen LogP contribution in [-0.4, -0.2) is 48.2 Å². The maximum atomic E-state index is 9.89. The highest BCUT2D eigenvalue weighted by atomic mass is 16.5. The molecule has 1 saturated heterocycles. The van der Waals surface area contributed by atoms with Gasteiger partial charge in [0.15, 0.2) is 5.82 Å². The van der Waals surface area contributed by atoms with E-state index in [1.165, 1.54) is 0 Å². The summed E-state index contributed by atoms with van der Waals surface area (Å²) in [5, 5.41) is 18.7. The van der Waals surface area contributed by atoms with E-state index in [0.717, 1.165) is 30.1 Å². The number of rotatable bonds is 5. The van der Waals surface area contributed by atoms with Gasteiger partial charge in [-0.15, -0.1) is 10.2 Å². The molecule has 29 heavy (non-hydrogen) atoms. The molecule has 0 saturated carbocycles. The summed E-state index contributed by atoms with van der Waals surface area (Å²) in [6, 6.07) is 19.7. The number of morpholine rings is 1. The molecule has 3 aromatic rings. The number of nitriles is 1. The van der Waals surface area contributed by atoms with Crippen LogP contribution >= 0.6 is 0 Å². The maximum absolute atomic E-state index is 9.89. The van der Waals surface area contributed by atoms with Crippen molar-refractivity contribution in [3.8, 4) is 17.5 Å². The highest BCUT2D eigenvalue weighted by Gasteiger charge is 2.23. The number of ether oxygens (including phenoxy) is 2. The Labute approximate surface area is 169 Å². The zero-order valence-corrected chi connectivity index (χ0v) is 16.2. The van der Waals surface area contributed by atoms with Gasteiger partial charge >= 0.3 is 0 Å². The summed E-state index contributed by atoms with van der Waals surface area (Å²) < 4.78 is 12.7. The van der Waals surface area contributed by atoms with Crippen molar-refractivity contribution in [2.24, 2.45) is 0 Å². The van der Waals surface area contributed by atoms with Crippen LogP contribution < -0.4 is 9.64 Å². The number of hydrogen-bond donors (Lipinski definition) is 0. The van der Waals surface area contributed by atoms with Crippen LogP contribution in [-0.2, 0) is 4.74 Å². The molecule has 1 fully saturated rings. The van der Waals surface area contributed by atoms with Crippen LogP contribution in [0.5, 0.6) is 5.75 Å². The fourth-order valence-corrected chi connectivity index (χ4v) is 3.28. The molecule has 0 atom stereocenters. The van der Waals surface area contributed by atoms with Crippen LogP contribution in [0, 0.1) is 11.3 Å². The third kappa shape index (κ3) is 3.98. The van der Waals surface area contributed by atoms with Gasteiger partial charge in [0, 0.05) is 13.1 Å².